The summed E-state index contributed by atoms with van der Waals surface area (Å²) in [5, 5.41) is 22.2. The molecule has 2 fully saturated rings. The van der Waals surface area contributed by atoms with Crippen LogP contribution < -0.4 is 11.5 Å². The van der Waals surface area contributed by atoms with Crippen LogP contribution in [-0.4, -0.2) is 105 Å². The van der Waals surface area contributed by atoms with Gasteiger partial charge in [-0.05, 0) is 0 Å². The van der Waals surface area contributed by atoms with E-state index in [2.05, 4.69) is 54.8 Å². The van der Waals surface area contributed by atoms with E-state index in [4.69, 9.17) is 39.2 Å². The van der Waals surface area contributed by atoms with Crippen LogP contribution in [0.1, 0.15) is 12.5 Å². The molecule has 0 aromatic carbocycles. The number of fused-ring (bicyclic) bond motifs is 2. The van der Waals surface area contributed by atoms with Crippen molar-refractivity contribution in [1.29, 1.82) is 0 Å². The highest BCUT2D eigenvalue weighted by molar-refractivity contribution is 8.44. The molecule has 0 unspecified atom stereocenters. The summed E-state index contributed by atoms with van der Waals surface area (Å²) >= 11 is 8.13. The molecule has 6 rings (SSSR count). The number of rotatable bonds is 12. The van der Waals surface area contributed by atoms with Crippen LogP contribution in [0.2, 0.25) is 0 Å². The van der Waals surface area contributed by atoms with Crippen LogP contribution in [0.4, 0.5) is 11.6 Å². The number of anilines is 2. The Morgan fingerprint density at radius 3 is 1.96 bits per heavy atom. The van der Waals surface area contributed by atoms with Crippen molar-refractivity contribution in [3.63, 3.8) is 0 Å². The molecule has 4 aromatic heterocycles. The molecular formula is C21H26N10O10P2S2. The number of hydrogen-bond donors (Lipinski definition) is 6. The number of imidazole rings is 2. The number of nitrogens with two attached hydrogens (primary N) is 2. The van der Waals surface area contributed by atoms with Crippen LogP contribution in [0.25, 0.3) is 22.3 Å². The Morgan fingerprint density at radius 2 is 1.42 bits per heavy atom. The Hall–Kier alpha value is -2.59. The average molecular weight is 705 g/mol. The van der Waals surface area contributed by atoms with Crippen LogP contribution >= 0.6 is 40.4 Å². The predicted molar refractivity (Wildman–Crippen MR) is 159 cm³/mol. The maximum atomic E-state index is 13.5. The van der Waals surface area contributed by atoms with Crippen LogP contribution in [0.5, 0.6) is 0 Å². The first kappa shape index (κ1) is 32.4. The monoisotopic (exact) mass is 704 g/mol. The Labute approximate surface area is 265 Å². The van der Waals surface area contributed by atoms with E-state index in [1.54, 1.807) is 0 Å². The van der Waals surface area contributed by atoms with Gasteiger partial charge in [0.1, 0.15) is 60.3 Å². The fourth-order valence-corrected chi connectivity index (χ4v) is 7.07. The summed E-state index contributed by atoms with van der Waals surface area (Å²) in [5.74, 6) is 0.261. The Kier molecular flexibility index (Phi) is 9.53. The first-order valence-electron chi connectivity index (χ1n) is 13.0. The zero-order chi connectivity index (χ0) is 31.9. The Balaban J connectivity index is 1.18. The van der Waals surface area contributed by atoms with Gasteiger partial charge < -0.3 is 35.9 Å². The SMILES string of the molecule is Nc1ncnc2c1ncn2[C@@H]1O[C@H](CO[P@@](=O)(S)O[C@H]2[C@@H](O)[C@H](n3cnc4c(N)ncnc43)O[C@@H]2COCS)[C@@H](OP=O)[C@H]1O. The molecule has 2 aliphatic rings. The largest absolute Gasteiger partial charge is 0.386 e. The van der Waals surface area contributed by atoms with E-state index in [-0.39, 0.29) is 46.5 Å². The molecule has 0 amide bonds. The highest BCUT2D eigenvalue weighted by Crippen LogP contribution is 2.56. The summed E-state index contributed by atoms with van der Waals surface area (Å²) in [4.78, 5) is 24.4. The molecule has 4 aromatic rings. The standard InChI is InChI=1S/C21H26N10O10P2S2/c22-16-10-18(26-3-24-16)30(5-28-10)20-12(32)14(40-42-34)9(39-20)2-37-43(35,45)41-15-8(1-36-7-44)38-21(13(15)33)31-6-29-11-17(23)25-4-27-19(11)31/h3-6,8-9,12-15,20-21,32-33,44H,1-2,7H2,(H,35,45)(H2,22,24,26)(H2,23,25,27)/t8-,9-,12-,13-,14-,15-,20-,21-,43-/m1/s1. The molecule has 242 valence electrons. The number of nitrogens with zero attached hydrogens (tertiary/aromatic N) is 8. The summed E-state index contributed by atoms with van der Waals surface area (Å²) in [6.45, 7) is -4.91. The number of ether oxygens (including phenoxy) is 3. The molecule has 2 aliphatic heterocycles. The van der Waals surface area contributed by atoms with Gasteiger partial charge >= 0.3 is 15.5 Å². The molecule has 20 nitrogen and oxygen atoms in total. The van der Waals surface area contributed by atoms with E-state index in [1.165, 1.54) is 34.4 Å². The zero-order valence-electron chi connectivity index (χ0n) is 22.7. The van der Waals surface area contributed by atoms with Crippen LogP contribution in [0.15, 0.2) is 25.3 Å². The number of aliphatic hydroxyl groups is 2. The fraction of sp³-hybridized carbons (Fsp3) is 0.524. The third-order valence-corrected chi connectivity index (χ3v) is 9.26. The third-order valence-electron chi connectivity index (χ3n) is 7.14. The molecule has 0 radical (unpaired) electrons. The maximum absolute atomic E-state index is 13.5. The fourth-order valence-electron chi connectivity index (χ4n) is 5.11. The minimum absolute atomic E-state index is 0.0217. The van der Waals surface area contributed by atoms with Crippen molar-refractivity contribution >= 4 is 74.3 Å². The smallest absolute Gasteiger partial charge is 0.386 e. The minimum Gasteiger partial charge on any atom is -0.386 e. The van der Waals surface area contributed by atoms with Gasteiger partial charge in [0.25, 0.3) is 0 Å². The van der Waals surface area contributed by atoms with E-state index < -0.39 is 71.2 Å². The predicted octanol–water partition coefficient (Wildman–Crippen LogP) is 0.283. The third kappa shape index (κ3) is 6.25. The van der Waals surface area contributed by atoms with E-state index >= 15 is 0 Å². The number of nitrogen functional groups attached to an aromatic ring is 2. The highest BCUT2D eigenvalue weighted by Gasteiger charge is 2.51. The summed E-state index contributed by atoms with van der Waals surface area (Å²) < 4.78 is 61.3. The second-order valence-electron chi connectivity index (χ2n) is 9.76. The normalized spacial score (nSPS) is 30.0. The van der Waals surface area contributed by atoms with Crippen molar-refractivity contribution in [2.45, 2.75) is 49.1 Å². The van der Waals surface area contributed by atoms with Gasteiger partial charge in [-0.15, -0.1) is 0 Å². The quantitative estimate of drug-likeness (QED) is 0.0657. The van der Waals surface area contributed by atoms with Crippen molar-refractivity contribution in [1.82, 2.24) is 39.0 Å². The molecule has 45 heavy (non-hydrogen) atoms. The molecule has 0 aliphatic carbocycles. The molecule has 0 bridgehead atoms. The zero-order valence-corrected chi connectivity index (χ0v) is 26.3. The molecule has 2 saturated heterocycles. The van der Waals surface area contributed by atoms with Gasteiger partial charge in [0, 0.05) is 0 Å². The van der Waals surface area contributed by atoms with Gasteiger partial charge in [-0.25, -0.2) is 39.0 Å². The summed E-state index contributed by atoms with van der Waals surface area (Å²) in [5.41, 5.74) is 12.8. The van der Waals surface area contributed by atoms with Gasteiger partial charge in [-0.3, -0.25) is 22.7 Å². The molecule has 0 spiro atoms. The maximum Gasteiger partial charge on any atom is 0.386 e. The molecule has 24 heteroatoms. The number of thiol groups is 2. The van der Waals surface area contributed by atoms with E-state index in [9.17, 15) is 19.3 Å². The van der Waals surface area contributed by atoms with E-state index in [1.807, 2.05) is 0 Å². The Bertz CT molecular complexity index is 1740. The van der Waals surface area contributed by atoms with Gasteiger partial charge in [-0.2, -0.15) is 12.6 Å². The average Bonchev–Trinajstić information content (AvgIpc) is 3.77. The van der Waals surface area contributed by atoms with Crippen LogP contribution in [-0.2, 0) is 36.9 Å². The van der Waals surface area contributed by atoms with Crippen molar-refractivity contribution in [2.24, 2.45) is 0 Å². The van der Waals surface area contributed by atoms with Gasteiger partial charge in [-0.1, -0.05) is 12.2 Å². The van der Waals surface area contributed by atoms with Crippen molar-refractivity contribution in [3.8, 4) is 0 Å². The lowest BCUT2D eigenvalue weighted by atomic mass is 10.1. The molecule has 6 N–H and O–H groups in total. The van der Waals surface area contributed by atoms with Crippen LogP contribution in [0.3, 0.4) is 0 Å². The lowest BCUT2D eigenvalue weighted by molar-refractivity contribution is -0.0599. The van der Waals surface area contributed by atoms with Crippen LogP contribution in [0, 0.1) is 0 Å². The van der Waals surface area contributed by atoms with Crippen molar-refractivity contribution in [3.05, 3.63) is 25.3 Å². The number of aliphatic hydroxyl groups excluding tert-OH is 2. The van der Waals surface area contributed by atoms with Crippen molar-refractivity contribution < 1.29 is 47.1 Å². The Morgan fingerprint density at radius 1 is 0.889 bits per heavy atom. The molecule has 9 atom stereocenters. The highest BCUT2D eigenvalue weighted by atomic mass is 32.7. The summed E-state index contributed by atoms with van der Waals surface area (Å²) in [6, 6.07) is 0. The first-order chi connectivity index (χ1) is 21.6. The second-order valence-corrected chi connectivity index (χ2v) is 13.3. The molecule has 0 saturated carbocycles. The van der Waals surface area contributed by atoms with Gasteiger partial charge in [0.05, 0.1) is 31.8 Å². The first-order valence-corrected chi connectivity index (χ1v) is 17.0. The summed E-state index contributed by atoms with van der Waals surface area (Å²) in [6.07, 6.45) is -4.54. The lowest BCUT2D eigenvalue weighted by Crippen LogP contribution is -2.36. The van der Waals surface area contributed by atoms with Gasteiger partial charge in [0.2, 0.25) is 0 Å². The number of hydrogen-bond acceptors (Lipinski definition) is 19. The van der Waals surface area contributed by atoms with Crippen molar-refractivity contribution in [2.75, 3.05) is 30.6 Å². The van der Waals surface area contributed by atoms with E-state index in [0.717, 1.165) is 0 Å². The number of aromatic nitrogens is 8. The lowest BCUT2D eigenvalue weighted by Gasteiger charge is -2.25. The summed E-state index contributed by atoms with van der Waals surface area (Å²) in [7, 11) is -0.758. The topological polar surface area (TPSA) is 269 Å². The minimum atomic E-state index is -4.30. The second kappa shape index (κ2) is 13.3. The van der Waals surface area contributed by atoms with Gasteiger partial charge in [0.15, 0.2) is 35.4 Å². The molecular weight excluding hydrogens is 678 g/mol. The van der Waals surface area contributed by atoms with E-state index in [0.29, 0.717) is 0 Å². The molecule has 6 heterocycles.